The Kier molecular flexibility index (Phi) is 3.34. The van der Waals surface area contributed by atoms with E-state index in [1.807, 2.05) is 0 Å². The van der Waals surface area contributed by atoms with Gasteiger partial charge in [0.2, 0.25) is 5.91 Å². The maximum absolute atomic E-state index is 11.7. The number of nitrogens with zero attached hydrogens (tertiary/aromatic N) is 2. The Labute approximate surface area is 124 Å². The highest BCUT2D eigenvalue weighted by Crippen LogP contribution is 2.31. The molecule has 1 aromatic carbocycles. The Morgan fingerprint density at radius 1 is 1.36 bits per heavy atom. The van der Waals surface area contributed by atoms with Gasteiger partial charge in [0.25, 0.3) is 5.56 Å². The van der Waals surface area contributed by atoms with Crippen molar-refractivity contribution in [1.29, 1.82) is 0 Å². The average Bonchev–Trinajstić information content (AvgIpc) is 2.92. The number of methoxy groups -OCH3 is 1. The van der Waals surface area contributed by atoms with E-state index in [0.29, 0.717) is 28.3 Å². The fourth-order valence-corrected chi connectivity index (χ4v) is 2.16. The SMILES string of the molecule is COc1cc(NC(C)=O)ccc1-c1nc2c(=O)[nH]ncc2[nH]1. The molecular weight excluding hydrogens is 286 g/mol. The first-order valence-corrected chi connectivity index (χ1v) is 6.48. The molecule has 22 heavy (non-hydrogen) atoms. The summed E-state index contributed by atoms with van der Waals surface area (Å²) in [5, 5.41) is 8.73. The Bertz CT molecular complexity index is 912. The number of ether oxygens (including phenoxy) is 1. The van der Waals surface area contributed by atoms with Gasteiger partial charge >= 0.3 is 0 Å². The summed E-state index contributed by atoms with van der Waals surface area (Å²) in [6.45, 7) is 1.43. The highest BCUT2D eigenvalue weighted by molar-refractivity contribution is 5.89. The van der Waals surface area contributed by atoms with E-state index in [2.05, 4.69) is 25.5 Å². The molecule has 3 rings (SSSR count). The summed E-state index contributed by atoms with van der Waals surface area (Å²) in [5.41, 5.74) is 1.73. The molecule has 0 aliphatic heterocycles. The normalized spacial score (nSPS) is 10.6. The van der Waals surface area contributed by atoms with Crippen molar-refractivity contribution < 1.29 is 9.53 Å². The summed E-state index contributed by atoms with van der Waals surface area (Å²) in [4.78, 5) is 30.1. The number of carbonyl (C=O) groups excluding carboxylic acids is 1. The minimum absolute atomic E-state index is 0.170. The third-order valence-electron chi connectivity index (χ3n) is 3.08. The number of rotatable bonds is 3. The number of amides is 1. The molecule has 0 fully saturated rings. The standard InChI is InChI=1S/C14H13N5O3/c1-7(20)16-8-3-4-9(11(5-8)22-2)13-17-10-6-15-19-14(21)12(10)18-13/h3-6H,1-2H3,(H,16,20)(H,17,18)(H,19,21). The van der Waals surface area contributed by atoms with E-state index in [1.165, 1.54) is 20.2 Å². The first-order chi connectivity index (χ1) is 10.6. The average molecular weight is 299 g/mol. The van der Waals surface area contributed by atoms with Gasteiger partial charge in [-0.2, -0.15) is 5.10 Å². The predicted octanol–water partition coefficient (Wildman–Crippen LogP) is 1.28. The molecule has 0 radical (unpaired) electrons. The second-order valence-electron chi connectivity index (χ2n) is 4.64. The van der Waals surface area contributed by atoms with Crippen LogP contribution in [0.25, 0.3) is 22.4 Å². The molecule has 8 nitrogen and oxygen atoms in total. The molecule has 0 unspecified atom stereocenters. The monoisotopic (exact) mass is 299 g/mol. The quantitative estimate of drug-likeness (QED) is 0.674. The molecule has 3 N–H and O–H groups in total. The van der Waals surface area contributed by atoms with Crippen LogP contribution in [0, 0.1) is 0 Å². The number of carbonyl (C=O) groups is 1. The summed E-state index contributed by atoms with van der Waals surface area (Å²) in [6, 6.07) is 5.17. The van der Waals surface area contributed by atoms with Crippen molar-refractivity contribution in [3.8, 4) is 17.1 Å². The first-order valence-electron chi connectivity index (χ1n) is 6.48. The second kappa shape index (κ2) is 5.32. The molecule has 0 spiro atoms. The van der Waals surface area contributed by atoms with Gasteiger partial charge in [0.05, 0.1) is 24.4 Å². The Balaban J connectivity index is 2.11. The van der Waals surface area contributed by atoms with E-state index in [0.717, 1.165) is 0 Å². The van der Waals surface area contributed by atoms with Crippen LogP contribution in [0.15, 0.2) is 29.2 Å². The highest BCUT2D eigenvalue weighted by atomic mass is 16.5. The fourth-order valence-electron chi connectivity index (χ4n) is 2.16. The molecule has 1 amide bonds. The van der Waals surface area contributed by atoms with Crippen LogP contribution in [0.1, 0.15) is 6.92 Å². The molecule has 112 valence electrons. The molecule has 8 heteroatoms. The van der Waals surface area contributed by atoms with Gasteiger partial charge in [0, 0.05) is 18.7 Å². The third-order valence-corrected chi connectivity index (χ3v) is 3.08. The van der Waals surface area contributed by atoms with Crippen molar-refractivity contribution in [2.75, 3.05) is 12.4 Å². The predicted molar refractivity (Wildman–Crippen MR) is 80.8 cm³/mol. The van der Waals surface area contributed by atoms with Crippen molar-refractivity contribution in [1.82, 2.24) is 20.2 Å². The van der Waals surface area contributed by atoms with Crippen LogP contribution < -0.4 is 15.6 Å². The zero-order chi connectivity index (χ0) is 15.7. The lowest BCUT2D eigenvalue weighted by atomic mass is 10.1. The third kappa shape index (κ3) is 2.41. The van der Waals surface area contributed by atoms with Gasteiger partial charge in [-0.05, 0) is 12.1 Å². The van der Waals surface area contributed by atoms with Crippen LogP contribution in [0.5, 0.6) is 5.75 Å². The van der Waals surface area contributed by atoms with Crippen molar-refractivity contribution >= 4 is 22.6 Å². The Morgan fingerprint density at radius 2 is 2.18 bits per heavy atom. The number of hydrogen-bond donors (Lipinski definition) is 3. The number of hydrogen-bond acceptors (Lipinski definition) is 5. The van der Waals surface area contributed by atoms with Crippen LogP contribution in [-0.4, -0.2) is 33.2 Å². The topological polar surface area (TPSA) is 113 Å². The van der Waals surface area contributed by atoms with Crippen LogP contribution in [0.4, 0.5) is 5.69 Å². The van der Waals surface area contributed by atoms with Gasteiger partial charge in [-0.3, -0.25) is 9.59 Å². The van der Waals surface area contributed by atoms with Gasteiger partial charge in [-0.15, -0.1) is 0 Å². The number of aromatic amines is 2. The van der Waals surface area contributed by atoms with Gasteiger partial charge in [0.15, 0.2) is 5.52 Å². The summed E-state index contributed by atoms with van der Waals surface area (Å²) in [7, 11) is 1.52. The second-order valence-corrected chi connectivity index (χ2v) is 4.64. The van der Waals surface area contributed by atoms with Crippen LogP contribution in [0.2, 0.25) is 0 Å². The van der Waals surface area contributed by atoms with E-state index in [9.17, 15) is 9.59 Å². The molecule has 2 aromatic heterocycles. The molecule has 2 heterocycles. The van der Waals surface area contributed by atoms with Crippen LogP contribution >= 0.6 is 0 Å². The summed E-state index contributed by atoms with van der Waals surface area (Å²) < 4.78 is 5.34. The van der Waals surface area contributed by atoms with E-state index in [1.54, 1.807) is 18.2 Å². The lowest BCUT2D eigenvalue weighted by Crippen LogP contribution is -2.07. The highest BCUT2D eigenvalue weighted by Gasteiger charge is 2.13. The Morgan fingerprint density at radius 3 is 2.86 bits per heavy atom. The van der Waals surface area contributed by atoms with Gasteiger partial charge < -0.3 is 15.0 Å². The Hall–Kier alpha value is -3.16. The lowest BCUT2D eigenvalue weighted by molar-refractivity contribution is -0.114. The maximum atomic E-state index is 11.7. The minimum Gasteiger partial charge on any atom is -0.496 e. The summed E-state index contributed by atoms with van der Waals surface area (Å²) >= 11 is 0. The number of benzene rings is 1. The van der Waals surface area contributed by atoms with Crippen molar-refractivity contribution in [2.45, 2.75) is 6.92 Å². The van der Waals surface area contributed by atoms with E-state index in [-0.39, 0.29) is 17.0 Å². The van der Waals surface area contributed by atoms with Gasteiger partial charge in [0.1, 0.15) is 11.6 Å². The number of fused-ring (bicyclic) bond motifs is 1. The summed E-state index contributed by atoms with van der Waals surface area (Å²) in [6.07, 6.45) is 1.49. The molecule has 0 atom stereocenters. The molecular formula is C14H13N5O3. The van der Waals surface area contributed by atoms with Crippen molar-refractivity contribution in [3.05, 3.63) is 34.7 Å². The number of nitrogens with one attached hydrogen (secondary N) is 3. The largest absolute Gasteiger partial charge is 0.496 e. The maximum Gasteiger partial charge on any atom is 0.292 e. The van der Waals surface area contributed by atoms with Gasteiger partial charge in [-0.25, -0.2) is 10.1 Å². The molecule has 0 aliphatic carbocycles. The zero-order valence-corrected chi connectivity index (χ0v) is 11.9. The molecule has 3 aromatic rings. The number of H-pyrrole nitrogens is 2. The number of aromatic nitrogens is 4. The molecule has 0 bridgehead atoms. The first kappa shape index (κ1) is 13.8. The smallest absolute Gasteiger partial charge is 0.292 e. The van der Waals surface area contributed by atoms with Gasteiger partial charge in [-0.1, -0.05) is 0 Å². The van der Waals surface area contributed by atoms with E-state index < -0.39 is 0 Å². The number of anilines is 1. The van der Waals surface area contributed by atoms with Crippen molar-refractivity contribution in [3.63, 3.8) is 0 Å². The van der Waals surface area contributed by atoms with Crippen molar-refractivity contribution in [2.24, 2.45) is 0 Å². The van der Waals surface area contributed by atoms with E-state index in [4.69, 9.17) is 4.74 Å². The molecule has 0 aliphatic rings. The molecule has 0 saturated carbocycles. The minimum atomic E-state index is -0.367. The number of imidazole rings is 1. The fraction of sp³-hybridized carbons (Fsp3) is 0.143. The lowest BCUT2D eigenvalue weighted by Gasteiger charge is -2.09. The zero-order valence-electron chi connectivity index (χ0n) is 11.9. The van der Waals surface area contributed by atoms with E-state index >= 15 is 0 Å². The molecule has 0 saturated heterocycles. The van der Waals surface area contributed by atoms with Crippen LogP contribution in [-0.2, 0) is 4.79 Å². The van der Waals surface area contributed by atoms with Crippen LogP contribution in [0.3, 0.4) is 0 Å². The summed E-state index contributed by atoms with van der Waals surface area (Å²) in [5.74, 6) is 0.838.